The first-order chi connectivity index (χ1) is 6.99. The number of benzene rings is 1. The molecule has 0 fully saturated rings. The van der Waals surface area contributed by atoms with E-state index in [4.69, 9.17) is 11.6 Å². The van der Waals surface area contributed by atoms with Crippen molar-refractivity contribution in [3.05, 3.63) is 34.3 Å². The van der Waals surface area contributed by atoms with Gasteiger partial charge >= 0.3 is 0 Å². The molecule has 0 aliphatic heterocycles. The SMILES string of the molecule is Cc1cc(CN(C)CC(C)Br)ccc1Cl. The summed E-state index contributed by atoms with van der Waals surface area (Å²) in [6.45, 7) is 6.21. The van der Waals surface area contributed by atoms with E-state index in [0.29, 0.717) is 4.83 Å². The fourth-order valence-corrected chi connectivity index (χ4v) is 2.22. The normalized spacial score (nSPS) is 13.2. The van der Waals surface area contributed by atoms with Crippen molar-refractivity contribution in [3.63, 3.8) is 0 Å². The summed E-state index contributed by atoms with van der Waals surface area (Å²) in [6.07, 6.45) is 0. The zero-order chi connectivity index (χ0) is 11.4. The van der Waals surface area contributed by atoms with Gasteiger partial charge in [0.25, 0.3) is 0 Å². The fraction of sp³-hybridized carbons (Fsp3) is 0.500. The van der Waals surface area contributed by atoms with E-state index in [1.807, 2.05) is 13.0 Å². The topological polar surface area (TPSA) is 3.24 Å². The average molecular weight is 291 g/mol. The minimum absolute atomic E-state index is 0.524. The van der Waals surface area contributed by atoms with Crippen molar-refractivity contribution in [2.45, 2.75) is 25.2 Å². The largest absolute Gasteiger partial charge is 0.301 e. The Bertz CT molecular complexity index is 325. The highest BCUT2D eigenvalue weighted by Crippen LogP contribution is 2.17. The first-order valence-corrected chi connectivity index (χ1v) is 6.36. The molecular weight excluding hydrogens is 273 g/mol. The Balaban J connectivity index is 2.60. The number of hydrogen-bond acceptors (Lipinski definition) is 1. The number of nitrogens with zero attached hydrogens (tertiary/aromatic N) is 1. The van der Waals surface area contributed by atoms with Gasteiger partial charge in [0.15, 0.2) is 0 Å². The standard InChI is InChI=1S/C12H17BrClN/c1-9-6-11(4-5-12(9)14)8-15(3)7-10(2)13/h4-6,10H,7-8H2,1-3H3. The van der Waals surface area contributed by atoms with Crippen LogP contribution in [0, 0.1) is 6.92 Å². The van der Waals surface area contributed by atoms with Gasteiger partial charge in [-0.2, -0.15) is 0 Å². The lowest BCUT2D eigenvalue weighted by molar-refractivity contribution is 0.333. The Kier molecular flexibility index (Phi) is 5.10. The Morgan fingerprint density at radius 1 is 1.47 bits per heavy atom. The van der Waals surface area contributed by atoms with Gasteiger partial charge < -0.3 is 4.90 Å². The molecule has 0 N–H and O–H groups in total. The van der Waals surface area contributed by atoms with Crippen molar-refractivity contribution in [3.8, 4) is 0 Å². The highest BCUT2D eigenvalue weighted by molar-refractivity contribution is 9.09. The molecule has 3 heteroatoms. The molecule has 15 heavy (non-hydrogen) atoms. The Morgan fingerprint density at radius 2 is 2.13 bits per heavy atom. The van der Waals surface area contributed by atoms with Crippen LogP contribution in [0.15, 0.2) is 18.2 Å². The van der Waals surface area contributed by atoms with E-state index in [2.05, 4.69) is 46.9 Å². The lowest BCUT2D eigenvalue weighted by Crippen LogP contribution is -2.23. The van der Waals surface area contributed by atoms with Gasteiger partial charge in [-0.1, -0.05) is 46.6 Å². The van der Waals surface area contributed by atoms with E-state index in [-0.39, 0.29) is 0 Å². The lowest BCUT2D eigenvalue weighted by atomic mass is 10.1. The monoisotopic (exact) mass is 289 g/mol. The minimum Gasteiger partial charge on any atom is -0.301 e. The summed E-state index contributed by atoms with van der Waals surface area (Å²) in [5.41, 5.74) is 2.46. The molecule has 0 saturated carbocycles. The van der Waals surface area contributed by atoms with Crippen LogP contribution in [-0.2, 0) is 6.54 Å². The quantitative estimate of drug-likeness (QED) is 0.761. The van der Waals surface area contributed by atoms with E-state index in [0.717, 1.165) is 23.7 Å². The third-order valence-corrected chi connectivity index (χ3v) is 2.95. The molecule has 84 valence electrons. The Hall–Kier alpha value is -0.0500. The zero-order valence-corrected chi connectivity index (χ0v) is 11.8. The first-order valence-electron chi connectivity index (χ1n) is 5.06. The molecule has 0 spiro atoms. The summed E-state index contributed by atoms with van der Waals surface area (Å²) in [4.78, 5) is 2.82. The van der Waals surface area contributed by atoms with Crippen LogP contribution in [-0.4, -0.2) is 23.3 Å². The molecule has 1 aromatic rings. The van der Waals surface area contributed by atoms with Crippen LogP contribution in [0.4, 0.5) is 0 Å². The van der Waals surface area contributed by atoms with E-state index in [9.17, 15) is 0 Å². The highest BCUT2D eigenvalue weighted by atomic mass is 79.9. The third kappa shape index (κ3) is 4.54. The number of aryl methyl sites for hydroxylation is 1. The summed E-state index contributed by atoms with van der Waals surface area (Å²) in [6, 6.07) is 6.21. The van der Waals surface area contributed by atoms with E-state index < -0.39 is 0 Å². The molecule has 0 heterocycles. The Morgan fingerprint density at radius 3 is 2.67 bits per heavy atom. The van der Waals surface area contributed by atoms with Crippen molar-refractivity contribution in [2.75, 3.05) is 13.6 Å². The third-order valence-electron chi connectivity index (χ3n) is 2.24. The maximum atomic E-state index is 5.98. The van der Waals surface area contributed by atoms with Gasteiger partial charge in [-0.25, -0.2) is 0 Å². The number of halogens is 2. The van der Waals surface area contributed by atoms with Crippen LogP contribution >= 0.6 is 27.5 Å². The summed E-state index contributed by atoms with van der Waals surface area (Å²) in [5, 5.41) is 0.843. The Labute approximate surface area is 106 Å². The van der Waals surface area contributed by atoms with Crippen molar-refractivity contribution in [1.82, 2.24) is 4.90 Å². The van der Waals surface area contributed by atoms with Crippen molar-refractivity contribution >= 4 is 27.5 Å². The molecular formula is C12H17BrClN. The molecule has 1 rings (SSSR count). The van der Waals surface area contributed by atoms with Crippen LogP contribution in [0.2, 0.25) is 5.02 Å². The van der Waals surface area contributed by atoms with Crippen LogP contribution in [0.3, 0.4) is 0 Å². The van der Waals surface area contributed by atoms with Gasteiger partial charge in [0.2, 0.25) is 0 Å². The van der Waals surface area contributed by atoms with Gasteiger partial charge in [0.1, 0.15) is 0 Å². The summed E-state index contributed by atoms with van der Waals surface area (Å²) in [5.74, 6) is 0. The van der Waals surface area contributed by atoms with Gasteiger partial charge in [0, 0.05) is 22.9 Å². The van der Waals surface area contributed by atoms with Crippen molar-refractivity contribution < 1.29 is 0 Å². The predicted molar refractivity (Wildman–Crippen MR) is 70.9 cm³/mol. The fourth-order valence-electron chi connectivity index (χ4n) is 1.61. The molecule has 1 atom stereocenters. The second-order valence-corrected chi connectivity index (χ2v) is 6.03. The molecule has 1 unspecified atom stereocenters. The van der Waals surface area contributed by atoms with E-state index in [1.165, 1.54) is 5.56 Å². The van der Waals surface area contributed by atoms with Crippen LogP contribution in [0.1, 0.15) is 18.1 Å². The van der Waals surface area contributed by atoms with Crippen molar-refractivity contribution in [2.24, 2.45) is 0 Å². The highest BCUT2D eigenvalue weighted by Gasteiger charge is 2.04. The minimum atomic E-state index is 0.524. The zero-order valence-electron chi connectivity index (χ0n) is 9.43. The smallest absolute Gasteiger partial charge is 0.0435 e. The summed E-state index contributed by atoms with van der Waals surface area (Å²) < 4.78 is 0. The molecule has 1 nitrogen and oxygen atoms in total. The summed E-state index contributed by atoms with van der Waals surface area (Å²) >= 11 is 9.53. The van der Waals surface area contributed by atoms with Crippen LogP contribution < -0.4 is 0 Å². The molecule has 0 aromatic heterocycles. The van der Waals surface area contributed by atoms with Gasteiger partial charge in [-0.05, 0) is 31.2 Å². The molecule has 0 saturated heterocycles. The maximum absolute atomic E-state index is 5.98. The second-order valence-electron chi connectivity index (χ2n) is 4.06. The molecule has 1 aromatic carbocycles. The number of hydrogen-bond donors (Lipinski definition) is 0. The molecule has 0 radical (unpaired) electrons. The van der Waals surface area contributed by atoms with E-state index >= 15 is 0 Å². The second kappa shape index (κ2) is 5.88. The number of alkyl halides is 1. The lowest BCUT2D eigenvalue weighted by Gasteiger charge is -2.18. The molecule has 0 amide bonds. The van der Waals surface area contributed by atoms with Gasteiger partial charge in [-0.3, -0.25) is 0 Å². The van der Waals surface area contributed by atoms with Gasteiger partial charge in [0.05, 0.1) is 0 Å². The molecule has 0 aliphatic rings. The van der Waals surface area contributed by atoms with Crippen LogP contribution in [0.5, 0.6) is 0 Å². The van der Waals surface area contributed by atoms with Gasteiger partial charge in [-0.15, -0.1) is 0 Å². The summed E-state index contributed by atoms with van der Waals surface area (Å²) in [7, 11) is 2.13. The van der Waals surface area contributed by atoms with Crippen LogP contribution in [0.25, 0.3) is 0 Å². The number of rotatable bonds is 4. The average Bonchev–Trinajstić information content (AvgIpc) is 2.10. The van der Waals surface area contributed by atoms with E-state index in [1.54, 1.807) is 0 Å². The molecule has 0 bridgehead atoms. The van der Waals surface area contributed by atoms with Crippen molar-refractivity contribution in [1.29, 1.82) is 0 Å². The predicted octanol–water partition coefficient (Wildman–Crippen LogP) is 3.86. The first kappa shape index (κ1) is 13.0. The maximum Gasteiger partial charge on any atom is 0.0435 e. The molecule has 0 aliphatic carbocycles.